The zero-order chi connectivity index (χ0) is 21.7. The second kappa shape index (κ2) is 8.90. The minimum absolute atomic E-state index is 0.330. The normalized spacial score (nSPS) is 11.2. The highest BCUT2D eigenvalue weighted by Gasteiger charge is 2.32. The van der Waals surface area contributed by atoms with Gasteiger partial charge in [-0.3, -0.25) is 9.59 Å². The molecule has 3 rings (SSSR count). The number of nitrogens with one attached hydrogen (secondary N) is 1. The number of amides is 1. The highest BCUT2D eigenvalue weighted by Crippen LogP contribution is 2.19. The standard InChI is InChI=1S/C23H24FN3O3/c1-23(2,22(29)25-15-14-17-6-4-5-7-20(17)30-3)27-21(28)13-12-19(26-27)16-8-10-18(24)11-9-16/h4-13H,14-15H2,1-3H3,(H,25,29). The van der Waals surface area contributed by atoms with Crippen molar-refractivity contribution >= 4 is 5.91 Å². The molecule has 0 saturated heterocycles. The zero-order valence-corrected chi connectivity index (χ0v) is 17.2. The Morgan fingerprint density at radius 2 is 1.80 bits per heavy atom. The number of halogens is 1. The van der Waals surface area contributed by atoms with Gasteiger partial charge < -0.3 is 10.1 Å². The van der Waals surface area contributed by atoms with Gasteiger partial charge in [0, 0.05) is 18.2 Å². The fourth-order valence-electron chi connectivity index (χ4n) is 3.12. The van der Waals surface area contributed by atoms with Crippen LogP contribution in [-0.2, 0) is 16.8 Å². The largest absolute Gasteiger partial charge is 0.496 e. The van der Waals surface area contributed by atoms with Crippen molar-refractivity contribution < 1.29 is 13.9 Å². The van der Waals surface area contributed by atoms with Crippen LogP contribution in [0.5, 0.6) is 5.75 Å². The van der Waals surface area contributed by atoms with Crippen LogP contribution in [0.25, 0.3) is 11.3 Å². The van der Waals surface area contributed by atoms with Crippen LogP contribution in [0.15, 0.2) is 65.5 Å². The minimum Gasteiger partial charge on any atom is -0.496 e. The molecule has 0 spiro atoms. The first-order chi connectivity index (χ1) is 14.3. The topological polar surface area (TPSA) is 73.2 Å². The van der Waals surface area contributed by atoms with Gasteiger partial charge in [-0.1, -0.05) is 18.2 Å². The number of carbonyl (C=O) groups excluding carboxylic acids is 1. The summed E-state index contributed by atoms with van der Waals surface area (Å²) in [6.07, 6.45) is 0.587. The van der Waals surface area contributed by atoms with Gasteiger partial charge in [0.05, 0.1) is 12.8 Å². The van der Waals surface area contributed by atoms with Crippen molar-refractivity contribution in [2.75, 3.05) is 13.7 Å². The number of aromatic nitrogens is 2. The fourth-order valence-corrected chi connectivity index (χ4v) is 3.12. The molecule has 0 aliphatic heterocycles. The quantitative estimate of drug-likeness (QED) is 0.651. The summed E-state index contributed by atoms with van der Waals surface area (Å²) in [6, 6.07) is 16.3. The van der Waals surface area contributed by atoms with E-state index in [1.807, 2.05) is 24.3 Å². The van der Waals surface area contributed by atoms with Gasteiger partial charge in [0.1, 0.15) is 17.1 Å². The lowest BCUT2D eigenvalue weighted by molar-refractivity contribution is -0.128. The van der Waals surface area contributed by atoms with Gasteiger partial charge in [0.2, 0.25) is 5.91 Å². The van der Waals surface area contributed by atoms with Crippen LogP contribution < -0.4 is 15.6 Å². The minimum atomic E-state index is -1.21. The second-order valence-corrected chi connectivity index (χ2v) is 7.35. The van der Waals surface area contributed by atoms with E-state index in [2.05, 4.69) is 10.4 Å². The number of methoxy groups -OCH3 is 1. The van der Waals surface area contributed by atoms with Gasteiger partial charge in [0.25, 0.3) is 5.56 Å². The summed E-state index contributed by atoms with van der Waals surface area (Å²) in [6.45, 7) is 3.65. The summed E-state index contributed by atoms with van der Waals surface area (Å²) < 4.78 is 19.7. The molecule has 0 fully saturated rings. The smallest absolute Gasteiger partial charge is 0.267 e. The van der Waals surface area contributed by atoms with Crippen LogP contribution in [0.2, 0.25) is 0 Å². The molecule has 2 aromatic carbocycles. The summed E-state index contributed by atoms with van der Waals surface area (Å²) in [5, 5.41) is 7.23. The molecule has 30 heavy (non-hydrogen) atoms. The molecule has 0 bridgehead atoms. The molecule has 7 heteroatoms. The molecule has 156 valence electrons. The molecular weight excluding hydrogens is 385 g/mol. The molecule has 1 heterocycles. The van der Waals surface area contributed by atoms with Crippen molar-refractivity contribution in [3.63, 3.8) is 0 Å². The first-order valence-electron chi connectivity index (χ1n) is 9.60. The van der Waals surface area contributed by atoms with Gasteiger partial charge >= 0.3 is 0 Å². The van der Waals surface area contributed by atoms with E-state index in [-0.39, 0.29) is 11.7 Å². The van der Waals surface area contributed by atoms with E-state index < -0.39 is 11.1 Å². The molecule has 1 aromatic heterocycles. The van der Waals surface area contributed by atoms with Crippen molar-refractivity contribution in [3.05, 3.63) is 82.4 Å². The SMILES string of the molecule is COc1ccccc1CCNC(=O)C(C)(C)n1nc(-c2ccc(F)cc2)ccc1=O. The van der Waals surface area contributed by atoms with Crippen LogP contribution in [0.3, 0.4) is 0 Å². The number of ether oxygens (including phenoxy) is 1. The highest BCUT2D eigenvalue weighted by atomic mass is 19.1. The van der Waals surface area contributed by atoms with E-state index in [9.17, 15) is 14.0 Å². The summed E-state index contributed by atoms with van der Waals surface area (Å²) >= 11 is 0. The summed E-state index contributed by atoms with van der Waals surface area (Å²) in [5.41, 5.74) is 0.493. The number of rotatable bonds is 7. The Balaban J connectivity index is 1.76. The molecule has 1 amide bonds. The average molecular weight is 409 g/mol. The third-order valence-corrected chi connectivity index (χ3v) is 4.90. The molecule has 0 aliphatic rings. The predicted octanol–water partition coefficient (Wildman–Crippen LogP) is 3.15. The molecule has 6 nitrogen and oxygen atoms in total. The molecule has 1 N–H and O–H groups in total. The molecule has 0 saturated carbocycles. The Morgan fingerprint density at radius 1 is 1.10 bits per heavy atom. The molecule has 3 aromatic rings. The Hall–Kier alpha value is -3.48. The van der Waals surface area contributed by atoms with Gasteiger partial charge in [0.15, 0.2) is 0 Å². The number of hydrogen-bond donors (Lipinski definition) is 1. The van der Waals surface area contributed by atoms with Gasteiger partial charge in [-0.2, -0.15) is 5.10 Å². The van der Waals surface area contributed by atoms with Gasteiger partial charge in [-0.25, -0.2) is 9.07 Å². The number of para-hydroxylation sites is 1. The van der Waals surface area contributed by atoms with Crippen LogP contribution in [-0.4, -0.2) is 29.3 Å². The predicted molar refractivity (Wildman–Crippen MR) is 113 cm³/mol. The molecule has 0 atom stereocenters. The summed E-state index contributed by atoms with van der Waals surface area (Å²) in [5.74, 6) is 0.0703. The van der Waals surface area contributed by atoms with Crippen LogP contribution in [0.1, 0.15) is 19.4 Å². The Kier molecular flexibility index (Phi) is 6.30. The van der Waals surface area contributed by atoms with Crippen molar-refractivity contribution in [2.24, 2.45) is 0 Å². The maximum atomic E-state index is 13.2. The Bertz CT molecular complexity index is 1090. The number of benzene rings is 2. The first-order valence-corrected chi connectivity index (χ1v) is 9.60. The lowest BCUT2D eigenvalue weighted by atomic mass is 10.0. The third kappa shape index (κ3) is 4.56. The second-order valence-electron chi connectivity index (χ2n) is 7.35. The number of nitrogens with zero attached hydrogens (tertiary/aromatic N) is 2. The third-order valence-electron chi connectivity index (χ3n) is 4.90. The lowest BCUT2D eigenvalue weighted by Gasteiger charge is -2.25. The van der Waals surface area contributed by atoms with Crippen LogP contribution >= 0.6 is 0 Å². The summed E-state index contributed by atoms with van der Waals surface area (Å²) in [7, 11) is 1.60. The van der Waals surface area contributed by atoms with Crippen molar-refractivity contribution in [1.82, 2.24) is 15.1 Å². The number of carbonyl (C=O) groups is 1. The molecular formula is C23H24FN3O3. The van der Waals surface area contributed by atoms with Crippen molar-refractivity contribution in [3.8, 4) is 17.0 Å². The van der Waals surface area contributed by atoms with E-state index in [0.29, 0.717) is 24.2 Å². The molecule has 0 unspecified atom stereocenters. The maximum Gasteiger partial charge on any atom is 0.267 e. The van der Waals surface area contributed by atoms with Crippen LogP contribution in [0.4, 0.5) is 4.39 Å². The lowest BCUT2D eigenvalue weighted by Crippen LogP contribution is -2.50. The van der Waals surface area contributed by atoms with E-state index >= 15 is 0 Å². The van der Waals surface area contributed by atoms with Crippen LogP contribution in [0, 0.1) is 5.82 Å². The monoisotopic (exact) mass is 409 g/mol. The van der Waals surface area contributed by atoms with E-state index in [0.717, 1.165) is 16.0 Å². The number of hydrogen-bond acceptors (Lipinski definition) is 4. The zero-order valence-electron chi connectivity index (χ0n) is 17.2. The van der Waals surface area contributed by atoms with Crippen molar-refractivity contribution in [1.29, 1.82) is 0 Å². The molecule has 0 aliphatic carbocycles. The maximum absolute atomic E-state index is 13.2. The summed E-state index contributed by atoms with van der Waals surface area (Å²) in [4.78, 5) is 25.3. The van der Waals surface area contributed by atoms with Gasteiger partial charge in [-0.05, 0) is 62.2 Å². The first kappa shape index (κ1) is 21.2. The van der Waals surface area contributed by atoms with E-state index in [1.54, 1.807) is 39.2 Å². The van der Waals surface area contributed by atoms with E-state index in [1.165, 1.54) is 18.2 Å². The fraction of sp³-hybridized carbons (Fsp3) is 0.261. The van der Waals surface area contributed by atoms with E-state index in [4.69, 9.17) is 4.74 Å². The van der Waals surface area contributed by atoms with Gasteiger partial charge in [-0.15, -0.1) is 0 Å². The Labute approximate surface area is 174 Å². The highest BCUT2D eigenvalue weighted by molar-refractivity contribution is 5.83. The van der Waals surface area contributed by atoms with Crippen molar-refractivity contribution in [2.45, 2.75) is 25.8 Å². The molecule has 0 radical (unpaired) electrons. The average Bonchev–Trinajstić information content (AvgIpc) is 2.74. The Morgan fingerprint density at radius 3 is 2.50 bits per heavy atom.